The van der Waals surface area contributed by atoms with Gasteiger partial charge >= 0.3 is 0 Å². The van der Waals surface area contributed by atoms with Gasteiger partial charge in [-0.15, -0.1) is 0 Å². The van der Waals surface area contributed by atoms with E-state index in [1.165, 1.54) is 6.33 Å². The Bertz CT molecular complexity index is 368. The molecule has 1 unspecified atom stereocenters. The van der Waals surface area contributed by atoms with Crippen LogP contribution >= 0.6 is 0 Å². The fourth-order valence-electron chi connectivity index (χ4n) is 1.36. The van der Waals surface area contributed by atoms with Crippen molar-refractivity contribution in [2.45, 2.75) is 12.5 Å². The monoisotopic (exact) mass is 188 g/mol. The van der Waals surface area contributed by atoms with Gasteiger partial charge in [0.15, 0.2) is 0 Å². The maximum absolute atomic E-state index is 6.00. The van der Waals surface area contributed by atoms with Gasteiger partial charge in [-0.2, -0.15) is 5.10 Å². The van der Waals surface area contributed by atoms with Crippen LogP contribution in [0.4, 0.5) is 0 Å². The van der Waals surface area contributed by atoms with Crippen molar-refractivity contribution < 1.29 is 0 Å². The van der Waals surface area contributed by atoms with E-state index < -0.39 is 0 Å². The maximum atomic E-state index is 6.00. The number of H-pyrrole nitrogens is 1. The summed E-state index contributed by atoms with van der Waals surface area (Å²) in [6.45, 7) is 0. The molecule has 1 heterocycles. The van der Waals surface area contributed by atoms with Crippen molar-refractivity contribution in [3.05, 3.63) is 48.0 Å². The normalized spacial score (nSPS) is 12.6. The van der Waals surface area contributed by atoms with Crippen LogP contribution in [-0.4, -0.2) is 15.2 Å². The lowest BCUT2D eigenvalue weighted by Crippen LogP contribution is -2.13. The summed E-state index contributed by atoms with van der Waals surface area (Å²) in [5, 5.41) is 6.57. The molecule has 2 rings (SSSR count). The summed E-state index contributed by atoms with van der Waals surface area (Å²) in [7, 11) is 0. The van der Waals surface area contributed by atoms with Crippen LogP contribution < -0.4 is 5.73 Å². The van der Waals surface area contributed by atoms with Crippen molar-refractivity contribution in [1.29, 1.82) is 0 Å². The van der Waals surface area contributed by atoms with E-state index in [1.807, 2.05) is 30.3 Å². The van der Waals surface area contributed by atoms with Gasteiger partial charge in [-0.05, 0) is 5.56 Å². The molecule has 3 N–H and O–H groups in total. The summed E-state index contributed by atoms with van der Waals surface area (Å²) in [6.07, 6.45) is 2.18. The summed E-state index contributed by atoms with van der Waals surface area (Å²) in [6, 6.07) is 9.95. The van der Waals surface area contributed by atoms with Crippen molar-refractivity contribution in [1.82, 2.24) is 15.2 Å². The SMILES string of the molecule is NC(Cc1ncn[nH]1)c1ccccc1. The molecule has 0 amide bonds. The van der Waals surface area contributed by atoms with Gasteiger partial charge in [-0.25, -0.2) is 4.98 Å². The minimum Gasteiger partial charge on any atom is -0.324 e. The van der Waals surface area contributed by atoms with Crippen LogP contribution in [0.15, 0.2) is 36.7 Å². The molecule has 0 aliphatic carbocycles. The average molecular weight is 188 g/mol. The zero-order valence-electron chi connectivity index (χ0n) is 7.72. The van der Waals surface area contributed by atoms with Crippen LogP contribution in [0.5, 0.6) is 0 Å². The molecule has 72 valence electrons. The summed E-state index contributed by atoms with van der Waals surface area (Å²) in [5.41, 5.74) is 7.11. The second-order valence-electron chi connectivity index (χ2n) is 3.15. The number of hydrogen-bond donors (Lipinski definition) is 2. The predicted octanol–water partition coefficient (Wildman–Crippen LogP) is 1.05. The van der Waals surface area contributed by atoms with E-state index in [9.17, 15) is 0 Å². The Balaban J connectivity index is 2.07. The van der Waals surface area contributed by atoms with Crippen molar-refractivity contribution in [3.8, 4) is 0 Å². The molecule has 0 saturated carbocycles. The molecular formula is C10H12N4. The third-order valence-electron chi connectivity index (χ3n) is 2.11. The van der Waals surface area contributed by atoms with E-state index in [2.05, 4.69) is 15.2 Å². The van der Waals surface area contributed by atoms with Crippen LogP contribution in [-0.2, 0) is 6.42 Å². The average Bonchev–Trinajstić information content (AvgIpc) is 2.72. The first-order chi connectivity index (χ1) is 6.86. The van der Waals surface area contributed by atoms with Crippen molar-refractivity contribution in [3.63, 3.8) is 0 Å². The Morgan fingerprint density at radius 3 is 2.71 bits per heavy atom. The Kier molecular flexibility index (Phi) is 2.55. The van der Waals surface area contributed by atoms with Crippen LogP contribution in [0.2, 0.25) is 0 Å². The lowest BCUT2D eigenvalue weighted by atomic mass is 10.0. The number of rotatable bonds is 3. The number of nitrogens with zero attached hydrogens (tertiary/aromatic N) is 2. The molecule has 0 aliphatic rings. The Morgan fingerprint density at radius 2 is 2.07 bits per heavy atom. The number of hydrogen-bond acceptors (Lipinski definition) is 3. The first kappa shape index (κ1) is 8.90. The molecular weight excluding hydrogens is 176 g/mol. The molecule has 0 aliphatic heterocycles. The standard InChI is InChI=1S/C10H12N4/c11-9(6-10-12-7-13-14-10)8-4-2-1-3-5-8/h1-5,7,9H,6,11H2,(H,12,13,14). The van der Waals surface area contributed by atoms with E-state index >= 15 is 0 Å². The first-order valence-electron chi connectivity index (χ1n) is 4.51. The minimum absolute atomic E-state index is 0.0239. The first-order valence-corrected chi connectivity index (χ1v) is 4.51. The molecule has 0 fully saturated rings. The van der Waals surface area contributed by atoms with Gasteiger partial charge in [0.2, 0.25) is 0 Å². The van der Waals surface area contributed by atoms with Gasteiger partial charge in [0, 0.05) is 12.5 Å². The summed E-state index contributed by atoms with van der Waals surface area (Å²) < 4.78 is 0. The fourth-order valence-corrected chi connectivity index (χ4v) is 1.36. The quantitative estimate of drug-likeness (QED) is 0.756. The lowest BCUT2D eigenvalue weighted by molar-refractivity contribution is 0.690. The molecule has 0 spiro atoms. The summed E-state index contributed by atoms with van der Waals surface area (Å²) >= 11 is 0. The van der Waals surface area contributed by atoms with Crippen molar-refractivity contribution >= 4 is 0 Å². The highest BCUT2D eigenvalue weighted by Crippen LogP contribution is 2.12. The lowest BCUT2D eigenvalue weighted by Gasteiger charge is -2.09. The molecule has 0 radical (unpaired) electrons. The van der Waals surface area contributed by atoms with Crippen LogP contribution in [0, 0.1) is 0 Å². The van der Waals surface area contributed by atoms with E-state index in [4.69, 9.17) is 5.73 Å². The highest BCUT2D eigenvalue weighted by Gasteiger charge is 2.07. The predicted molar refractivity (Wildman–Crippen MR) is 53.5 cm³/mol. The second kappa shape index (κ2) is 4.02. The van der Waals surface area contributed by atoms with Gasteiger partial charge in [0.25, 0.3) is 0 Å². The Morgan fingerprint density at radius 1 is 1.29 bits per heavy atom. The Labute approximate surface area is 82.2 Å². The van der Waals surface area contributed by atoms with Crippen LogP contribution in [0.1, 0.15) is 17.4 Å². The van der Waals surface area contributed by atoms with E-state index in [1.54, 1.807) is 0 Å². The van der Waals surface area contributed by atoms with E-state index in [0.29, 0.717) is 6.42 Å². The molecule has 4 nitrogen and oxygen atoms in total. The third kappa shape index (κ3) is 1.97. The number of nitrogens with two attached hydrogens (primary N) is 1. The third-order valence-corrected chi connectivity index (χ3v) is 2.11. The largest absolute Gasteiger partial charge is 0.324 e. The maximum Gasteiger partial charge on any atom is 0.137 e. The number of nitrogens with one attached hydrogen (secondary N) is 1. The Hall–Kier alpha value is -1.68. The molecule has 0 bridgehead atoms. The van der Waals surface area contributed by atoms with E-state index in [-0.39, 0.29) is 6.04 Å². The fraction of sp³-hybridized carbons (Fsp3) is 0.200. The van der Waals surface area contributed by atoms with Crippen molar-refractivity contribution in [2.24, 2.45) is 5.73 Å². The number of aromatic nitrogens is 3. The summed E-state index contributed by atoms with van der Waals surface area (Å²) in [5.74, 6) is 0.821. The van der Waals surface area contributed by atoms with Crippen LogP contribution in [0.3, 0.4) is 0 Å². The molecule has 1 atom stereocenters. The van der Waals surface area contributed by atoms with Gasteiger partial charge in [-0.1, -0.05) is 30.3 Å². The topological polar surface area (TPSA) is 67.6 Å². The van der Waals surface area contributed by atoms with Gasteiger partial charge in [0.05, 0.1) is 0 Å². The number of aromatic amines is 1. The van der Waals surface area contributed by atoms with Crippen LogP contribution in [0.25, 0.3) is 0 Å². The highest BCUT2D eigenvalue weighted by molar-refractivity contribution is 5.19. The molecule has 1 aromatic carbocycles. The zero-order chi connectivity index (χ0) is 9.80. The molecule has 4 heteroatoms. The molecule has 2 aromatic rings. The van der Waals surface area contributed by atoms with Crippen molar-refractivity contribution in [2.75, 3.05) is 0 Å². The van der Waals surface area contributed by atoms with E-state index in [0.717, 1.165) is 11.4 Å². The summed E-state index contributed by atoms with van der Waals surface area (Å²) in [4.78, 5) is 4.04. The highest BCUT2D eigenvalue weighted by atomic mass is 15.2. The smallest absolute Gasteiger partial charge is 0.137 e. The molecule has 1 aromatic heterocycles. The molecule has 14 heavy (non-hydrogen) atoms. The number of benzene rings is 1. The van der Waals surface area contributed by atoms with Gasteiger partial charge in [-0.3, -0.25) is 5.10 Å². The minimum atomic E-state index is -0.0239. The zero-order valence-corrected chi connectivity index (χ0v) is 7.72. The van der Waals surface area contributed by atoms with Gasteiger partial charge < -0.3 is 5.73 Å². The second-order valence-corrected chi connectivity index (χ2v) is 3.15. The molecule has 0 saturated heterocycles. The van der Waals surface area contributed by atoms with Gasteiger partial charge in [0.1, 0.15) is 12.2 Å².